The fourth-order valence-corrected chi connectivity index (χ4v) is 4.11. The van der Waals surface area contributed by atoms with Crippen molar-refractivity contribution in [3.63, 3.8) is 0 Å². The Labute approximate surface area is 128 Å². The molecule has 21 heavy (non-hydrogen) atoms. The minimum absolute atomic E-state index is 0.208. The van der Waals surface area contributed by atoms with Crippen molar-refractivity contribution in [2.45, 2.75) is 24.5 Å². The van der Waals surface area contributed by atoms with Crippen molar-refractivity contribution in [3.8, 4) is 0 Å². The highest BCUT2D eigenvalue weighted by molar-refractivity contribution is 7.94. The van der Waals surface area contributed by atoms with Gasteiger partial charge in [-0.05, 0) is 36.8 Å². The lowest BCUT2D eigenvalue weighted by Gasteiger charge is -2.08. The standard InChI is InChI=1S/C14H16N2O3S2/c1-3-13-7-8-14(20-13)21(18,19)16-12-6-4-5-11(9-12)15-10(2)17/h4-9,16H,3H2,1-2H3,(H,15,17). The van der Waals surface area contributed by atoms with Crippen molar-refractivity contribution < 1.29 is 13.2 Å². The zero-order chi connectivity index (χ0) is 15.5. The van der Waals surface area contributed by atoms with Gasteiger partial charge in [-0.3, -0.25) is 9.52 Å². The average Bonchev–Trinajstić information content (AvgIpc) is 2.87. The summed E-state index contributed by atoms with van der Waals surface area (Å²) < 4.78 is 27.4. The van der Waals surface area contributed by atoms with Gasteiger partial charge in [-0.25, -0.2) is 8.42 Å². The van der Waals surface area contributed by atoms with E-state index in [1.165, 1.54) is 18.3 Å². The fraction of sp³-hybridized carbons (Fsp3) is 0.214. The van der Waals surface area contributed by atoms with Gasteiger partial charge >= 0.3 is 0 Å². The van der Waals surface area contributed by atoms with E-state index in [-0.39, 0.29) is 10.1 Å². The average molecular weight is 324 g/mol. The number of aryl methyl sites for hydroxylation is 1. The largest absolute Gasteiger partial charge is 0.326 e. The SMILES string of the molecule is CCc1ccc(S(=O)(=O)Nc2cccc(NC(C)=O)c2)s1. The Morgan fingerprint density at radius 3 is 2.52 bits per heavy atom. The molecule has 1 aromatic carbocycles. The van der Waals surface area contributed by atoms with Gasteiger partial charge < -0.3 is 5.32 Å². The summed E-state index contributed by atoms with van der Waals surface area (Å²) in [6.07, 6.45) is 0.804. The van der Waals surface area contributed by atoms with E-state index in [4.69, 9.17) is 0 Å². The Kier molecular flexibility index (Phi) is 4.64. The number of hydrogen-bond acceptors (Lipinski definition) is 4. The molecular weight excluding hydrogens is 308 g/mol. The molecule has 0 aliphatic heterocycles. The molecule has 2 N–H and O–H groups in total. The Balaban J connectivity index is 2.22. The molecular formula is C14H16N2O3S2. The first-order valence-corrected chi connectivity index (χ1v) is 8.70. The maximum Gasteiger partial charge on any atom is 0.271 e. The smallest absolute Gasteiger partial charge is 0.271 e. The zero-order valence-corrected chi connectivity index (χ0v) is 13.3. The van der Waals surface area contributed by atoms with Crippen LogP contribution in [0.15, 0.2) is 40.6 Å². The molecule has 0 saturated heterocycles. The molecule has 0 spiro atoms. The molecule has 0 radical (unpaired) electrons. The molecule has 2 aromatic rings. The number of amides is 1. The van der Waals surface area contributed by atoms with Gasteiger partial charge in [0.25, 0.3) is 10.0 Å². The van der Waals surface area contributed by atoms with Crippen molar-refractivity contribution >= 4 is 38.6 Å². The van der Waals surface area contributed by atoms with Gasteiger partial charge in [0.2, 0.25) is 5.91 Å². The first-order chi connectivity index (χ1) is 9.90. The summed E-state index contributed by atoms with van der Waals surface area (Å²) in [4.78, 5) is 12.0. The maximum absolute atomic E-state index is 12.3. The van der Waals surface area contributed by atoms with Crippen LogP contribution in [-0.4, -0.2) is 14.3 Å². The van der Waals surface area contributed by atoms with E-state index < -0.39 is 10.0 Å². The number of nitrogens with one attached hydrogen (secondary N) is 2. The van der Waals surface area contributed by atoms with Gasteiger partial charge in [-0.1, -0.05) is 13.0 Å². The third-order valence-corrected chi connectivity index (χ3v) is 5.79. The van der Waals surface area contributed by atoms with Crippen molar-refractivity contribution in [2.75, 3.05) is 10.0 Å². The molecule has 112 valence electrons. The van der Waals surface area contributed by atoms with Crippen LogP contribution in [0.3, 0.4) is 0 Å². The topological polar surface area (TPSA) is 75.3 Å². The molecule has 0 aliphatic rings. The Bertz CT molecular complexity index is 751. The lowest BCUT2D eigenvalue weighted by Crippen LogP contribution is -2.12. The van der Waals surface area contributed by atoms with Crippen LogP contribution in [0.1, 0.15) is 18.7 Å². The van der Waals surface area contributed by atoms with Gasteiger partial charge in [-0.2, -0.15) is 0 Å². The molecule has 2 rings (SSSR count). The molecule has 1 heterocycles. The summed E-state index contributed by atoms with van der Waals surface area (Å²) in [5.74, 6) is -0.208. The van der Waals surface area contributed by atoms with Crippen LogP contribution in [-0.2, 0) is 21.2 Å². The summed E-state index contributed by atoms with van der Waals surface area (Å²) in [5.41, 5.74) is 0.954. The van der Waals surface area contributed by atoms with E-state index >= 15 is 0 Å². The van der Waals surface area contributed by atoms with E-state index in [1.807, 2.05) is 13.0 Å². The summed E-state index contributed by atoms with van der Waals surface area (Å²) in [5, 5.41) is 2.61. The van der Waals surface area contributed by atoms with Crippen molar-refractivity contribution in [1.82, 2.24) is 0 Å². The van der Waals surface area contributed by atoms with Crippen LogP contribution in [0.25, 0.3) is 0 Å². The molecule has 0 fully saturated rings. The second-order valence-electron chi connectivity index (χ2n) is 4.44. The molecule has 1 aromatic heterocycles. The predicted molar refractivity (Wildman–Crippen MR) is 85.3 cm³/mol. The number of hydrogen-bond donors (Lipinski definition) is 2. The number of anilines is 2. The summed E-state index contributed by atoms with van der Waals surface area (Å²) in [6, 6.07) is 10.00. The van der Waals surface area contributed by atoms with E-state index in [1.54, 1.807) is 30.3 Å². The van der Waals surface area contributed by atoms with E-state index in [9.17, 15) is 13.2 Å². The van der Waals surface area contributed by atoms with E-state index in [0.717, 1.165) is 11.3 Å². The molecule has 7 heteroatoms. The third-order valence-electron chi connectivity index (χ3n) is 2.69. The van der Waals surface area contributed by atoms with Crippen LogP contribution >= 0.6 is 11.3 Å². The third kappa shape index (κ3) is 4.05. The van der Waals surface area contributed by atoms with Crippen LogP contribution in [0.5, 0.6) is 0 Å². The van der Waals surface area contributed by atoms with E-state index in [2.05, 4.69) is 10.0 Å². The number of thiophene rings is 1. The molecule has 0 aliphatic carbocycles. The highest BCUT2D eigenvalue weighted by Crippen LogP contribution is 2.25. The Morgan fingerprint density at radius 1 is 1.19 bits per heavy atom. The van der Waals surface area contributed by atoms with Gasteiger partial charge in [0, 0.05) is 17.5 Å². The lowest BCUT2D eigenvalue weighted by atomic mass is 10.3. The molecule has 0 unspecified atom stereocenters. The normalized spacial score (nSPS) is 11.1. The van der Waals surface area contributed by atoms with Crippen LogP contribution < -0.4 is 10.0 Å². The summed E-state index contributed by atoms with van der Waals surface area (Å²) in [7, 11) is -3.59. The zero-order valence-electron chi connectivity index (χ0n) is 11.7. The second-order valence-corrected chi connectivity index (χ2v) is 7.52. The molecule has 0 atom stereocenters. The molecule has 1 amide bonds. The van der Waals surface area contributed by atoms with Crippen molar-refractivity contribution in [2.24, 2.45) is 0 Å². The maximum atomic E-state index is 12.3. The number of carbonyl (C=O) groups excluding carboxylic acids is 1. The molecule has 0 saturated carbocycles. The van der Waals surface area contributed by atoms with Crippen molar-refractivity contribution in [3.05, 3.63) is 41.3 Å². The number of rotatable bonds is 5. The van der Waals surface area contributed by atoms with Gasteiger partial charge in [0.1, 0.15) is 4.21 Å². The minimum Gasteiger partial charge on any atom is -0.326 e. The molecule has 5 nitrogen and oxygen atoms in total. The lowest BCUT2D eigenvalue weighted by molar-refractivity contribution is -0.114. The Morgan fingerprint density at radius 2 is 1.90 bits per heavy atom. The minimum atomic E-state index is -3.59. The van der Waals surface area contributed by atoms with E-state index in [0.29, 0.717) is 11.4 Å². The predicted octanol–water partition coefficient (Wildman–Crippen LogP) is 3.07. The van der Waals surface area contributed by atoms with Gasteiger partial charge in [0.05, 0.1) is 5.69 Å². The van der Waals surface area contributed by atoms with Crippen LogP contribution in [0.4, 0.5) is 11.4 Å². The summed E-state index contributed by atoms with van der Waals surface area (Å²) in [6.45, 7) is 3.38. The second kappa shape index (κ2) is 6.28. The fourth-order valence-electron chi connectivity index (χ4n) is 1.76. The van der Waals surface area contributed by atoms with Crippen LogP contribution in [0.2, 0.25) is 0 Å². The highest BCUT2D eigenvalue weighted by atomic mass is 32.2. The number of carbonyl (C=O) groups is 1. The van der Waals surface area contributed by atoms with Crippen LogP contribution in [0, 0.1) is 0 Å². The van der Waals surface area contributed by atoms with Crippen molar-refractivity contribution in [1.29, 1.82) is 0 Å². The molecule has 0 bridgehead atoms. The summed E-state index contributed by atoms with van der Waals surface area (Å²) >= 11 is 1.25. The monoisotopic (exact) mass is 324 g/mol. The quantitative estimate of drug-likeness (QED) is 0.887. The number of benzene rings is 1. The Hall–Kier alpha value is -1.86. The van der Waals surface area contributed by atoms with Gasteiger partial charge in [0.15, 0.2) is 0 Å². The first-order valence-electron chi connectivity index (χ1n) is 6.40. The number of sulfonamides is 1. The first kappa shape index (κ1) is 15.5. The van der Waals surface area contributed by atoms with Gasteiger partial charge in [-0.15, -0.1) is 11.3 Å². The highest BCUT2D eigenvalue weighted by Gasteiger charge is 2.16.